The summed E-state index contributed by atoms with van der Waals surface area (Å²) in [5, 5.41) is 26.0. The molecular formula is C16H18N4O6. The van der Waals surface area contributed by atoms with Crippen molar-refractivity contribution in [3.05, 3.63) is 52.3 Å². The Bertz CT molecular complexity index is 830. The summed E-state index contributed by atoms with van der Waals surface area (Å²) in [6.07, 6.45) is 2.28. The minimum atomic E-state index is -1.13. The molecule has 0 aliphatic heterocycles. The van der Waals surface area contributed by atoms with Gasteiger partial charge in [-0.3, -0.25) is 19.6 Å². The molecule has 10 heteroatoms. The Morgan fingerprint density at radius 3 is 2.77 bits per heavy atom. The van der Waals surface area contributed by atoms with Crippen molar-refractivity contribution in [1.82, 2.24) is 15.1 Å². The first-order chi connectivity index (χ1) is 12.2. The molecule has 0 aliphatic carbocycles. The van der Waals surface area contributed by atoms with Gasteiger partial charge in [0.2, 0.25) is 5.91 Å². The number of aromatic nitrogens is 2. The van der Waals surface area contributed by atoms with Crippen molar-refractivity contribution in [1.29, 1.82) is 0 Å². The van der Waals surface area contributed by atoms with Crippen LogP contribution in [0.15, 0.2) is 36.7 Å². The Labute approximate surface area is 148 Å². The molecule has 10 nitrogen and oxygen atoms in total. The maximum atomic E-state index is 12.5. The predicted molar refractivity (Wildman–Crippen MR) is 89.6 cm³/mol. The van der Waals surface area contributed by atoms with Crippen molar-refractivity contribution in [3.63, 3.8) is 0 Å². The van der Waals surface area contributed by atoms with Gasteiger partial charge in [-0.2, -0.15) is 5.10 Å². The maximum Gasteiger partial charge on any atom is 0.341 e. The first-order valence-corrected chi connectivity index (χ1v) is 7.61. The van der Waals surface area contributed by atoms with Crippen LogP contribution in [0.2, 0.25) is 0 Å². The van der Waals surface area contributed by atoms with Crippen LogP contribution in [0.25, 0.3) is 0 Å². The van der Waals surface area contributed by atoms with Gasteiger partial charge in [0.15, 0.2) is 6.61 Å². The third-order valence-corrected chi connectivity index (χ3v) is 3.62. The first-order valence-electron chi connectivity index (χ1n) is 7.61. The van der Waals surface area contributed by atoms with Crippen LogP contribution in [0.1, 0.15) is 19.4 Å². The van der Waals surface area contributed by atoms with Gasteiger partial charge in [0.1, 0.15) is 23.7 Å². The summed E-state index contributed by atoms with van der Waals surface area (Å²) in [4.78, 5) is 33.2. The number of carbonyl (C=O) groups is 2. The zero-order valence-electron chi connectivity index (χ0n) is 14.2. The van der Waals surface area contributed by atoms with E-state index in [4.69, 9.17) is 9.84 Å². The molecular weight excluding hydrogens is 344 g/mol. The molecule has 2 N–H and O–H groups in total. The van der Waals surface area contributed by atoms with Crippen LogP contribution >= 0.6 is 0 Å². The van der Waals surface area contributed by atoms with E-state index in [1.54, 1.807) is 38.1 Å². The molecule has 0 atom stereocenters. The number of nitro groups is 1. The molecule has 0 spiro atoms. The molecule has 1 aromatic heterocycles. The Balaban J connectivity index is 2.01. The molecule has 2 rings (SSSR count). The van der Waals surface area contributed by atoms with Crippen LogP contribution in [0.4, 0.5) is 5.69 Å². The van der Waals surface area contributed by atoms with E-state index in [9.17, 15) is 19.7 Å². The van der Waals surface area contributed by atoms with Gasteiger partial charge in [0.25, 0.3) is 0 Å². The normalized spacial score (nSPS) is 11.0. The molecule has 138 valence electrons. The standard InChI is InChI=1S/C16H18N4O6/c1-16(2,19-9-12(8-18-19)20(24)25)15(23)17-7-11-4-3-5-13(6-11)26-10-14(21)22/h3-6,8-9H,7,10H2,1-2H3,(H,17,23)(H,21,22). The number of hydrogen-bond acceptors (Lipinski definition) is 6. The zero-order chi connectivity index (χ0) is 19.3. The molecule has 0 unspecified atom stereocenters. The summed E-state index contributed by atoms with van der Waals surface area (Å²) < 4.78 is 6.32. The number of carboxylic acid groups (broad SMARTS) is 1. The minimum absolute atomic E-state index is 0.176. The summed E-state index contributed by atoms with van der Waals surface area (Å²) in [5.41, 5.74) is -0.622. The number of aliphatic carboxylic acids is 1. The van der Waals surface area contributed by atoms with Crippen LogP contribution in [-0.4, -0.2) is 38.3 Å². The van der Waals surface area contributed by atoms with Gasteiger partial charge in [-0.25, -0.2) is 4.79 Å². The lowest BCUT2D eigenvalue weighted by Crippen LogP contribution is -2.44. The fraction of sp³-hybridized carbons (Fsp3) is 0.312. The van der Waals surface area contributed by atoms with Crippen molar-refractivity contribution >= 4 is 17.6 Å². The Morgan fingerprint density at radius 1 is 1.42 bits per heavy atom. The second kappa shape index (κ2) is 7.64. The van der Waals surface area contributed by atoms with Crippen molar-refractivity contribution < 1.29 is 24.4 Å². The Hall–Kier alpha value is -3.43. The fourth-order valence-electron chi connectivity index (χ4n) is 2.11. The molecule has 1 amide bonds. The van der Waals surface area contributed by atoms with Gasteiger partial charge < -0.3 is 15.2 Å². The number of rotatable bonds is 8. The smallest absolute Gasteiger partial charge is 0.341 e. The monoisotopic (exact) mass is 362 g/mol. The van der Waals surface area contributed by atoms with Gasteiger partial charge in [0.05, 0.1) is 4.92 Å². The maximum absolute atomic E-state index is 12.5. The number of carbonyl (C=O) groups excluding carboxylic acids is 1. The number of benzene rings is 1. The van der Waals surface area contributed by atoms with Crippen LogP contribution in [0.3, 0.4) is 0 Å². The quantitative estimate of drug-likeness (QED) is 0.533. The van der Waals surface area contributed by atoms with Gasteiger partial charge in [-0.05, 0) is 31.5 Å². The highest BCUT2D eigenvalue weighted by atomic mass is 16.6. The van der Waals surface area contributed by atoms with E-state index < -0.39 is 23.0 Å². The zero-order valence-corrected chi connectivity index (χ0v) is 14.2. The van der Waals surface area contributed by atoms with E-state index in [1.165, 1.54) is 10.9 Å². The summed E-state index contributed by atoms with van der Waals surface area (Å²) in [5.74, 6) is -1.09. The van der Waals surface area contributed by atoms with E-state index in [0.717, 1.165) is 6.20 Å². The average Bonchev–Trinajstić information content (AvgIpc) is 3.09. The Kier molecular flexibility index (Phi) is 5.55. The second-order valence-corrected chi connectivity index (χ2v) is 5.97. The topological polar surface area (TPSA) is 137 Å². The number of ether oxygens (including phenoxy) is 1. The van der Waals surface area contributed by atoms with Crippen molar-refractivity contribution in [2.75, 3.05) is 6.61 Å². The van der Waals surface area contributed by atoms with E-state index >= 15 is 0 Å². The molecule has 0 fully saturated rings. The number of nitrogens with one attached hydrogen (secondary N) is 1. The lowest BCUT2D eigenvalue weighted by Gasteiger charge is -2.24. The van der Waals surface area contributed by atoms with Crippen molar-refractivity contribution in [2.24, 2.45) is 0 Å². The van der Waals surface area contributed by atoms with Crippen LogP contribution in [0, 0.1) is 10.1 Å². The molecule has 26 heavy (non-hydrogen) atoms. The largest absolute Gasteiger partial charge is 0.482 e. The number of amides is 1. The molecule has 0 radical (unpaired) electrons. The third-order valence-electron chi connectivity index (χ3n) is 3.62. The molecule has 2 aromatic rings. The molecule has 0 saturated carbocycles. The lowest BCUT2D eigenvalue weighted by molar-refractivity contribution is -0.385. The van der Waals surface area contributed by atoms with E-state index in [-0.39, 0.29) is 18.1 Å². The van der Waals surface area contributed by atoms with Gasteiger partial charge in [-0.1, -0.05) is 12.1 Å². The summed E-state index contributed by atoms with van der Waals surface area (Å²) >= 11 is 0. The SMILES string of the molecule is CC(C)(C(=O)NCc1cccc(OCC(=O)O)c1)n1cc([N+](=O)[O-])cn1. The highest BCUT2D eigenvalue weighted by Gasteiger charge is 2.31. The first kappa shape index (κ1) is 18.9. The van der Waals surface area contributed by atoms with Crippen LogP contribution in [-0.2, 0) is 21.7 Å². The van der Waals surface area contributed by atoms with Crippen molar-refractivity contribution in [2.45, 2.75) is 25.9 Å². The number of carboxylic acids is 1. The summed E-state index contributed by atoms with van der Waals surface area (Å²) in [6.45, 7) is 2.90. The lowest BCUT2D eigenvalue weighted by atomic mass is 10.0. The van der Waals surface area contributed by atoms with Gasteiger partial charge >= 0.3 is 11.7 Å². The van der Waals surface area contributed by atoms with E-state index in [2.05, 4.69) is 10.4 Å². The second-order valence-electron chi connectivity index (χ2n) is 5.97. The van der Waals surface area contributed by atoms with Crippen LogP contribution in [0.5, 0.6) is 5.75 Å². The summed E-state index contributed by atoms with van der Waals surface area (Å²) in [6, 6.07) is 6.66. The van der Waals surface area contributed by atoms with E-state index in [0.29, 0.717) is 11.3 Å². The van der Waals surface area contributed by atoms with Gasteiger partial charge in [-0.15, -0.1) is 0 Å². The minimum Gasteiger partial charge on any atom is -0.482 e. The number of nitrogens with zero attached hydrogens (tertiary/aromatic N) is 3. The highest BCUT2D eigenvalue weighted by Crippen LogP contribution is 2.19. The molecule has 0 bridgehead atoms. The average molecular weight is 362 g/mol. The van der Waals surface area contributed by atoms with E-state index in [1.807, 2.05) is 0 Å². The molecule has 0 aliphatic rings. The molecule has 0 saturated heterocycles. The number of hydrogen-bond donors (Lipinski definition) is 2. The highest BCUT2D eigenvalue weighted by molar-refractivity contribution is 5.83. The molecule has 1 aromatic carbocycles. The van der Waals surface area contributed by atoms with Crippen molar-refractivity contribution in [3.8, 4) is 5.75 Å². The van der Waals surface area contributed by atoms with Gasteiger partial charge in [0, 0.05) is 6.54 Å². The predicted octanol–water partition coefficient (Wildman–Crippen LogP) is 1.31. The third kappa shape index (κ3) is 4.56. The van der Waals surface area contributed by atoms with Crippen LogP contribution < -0.4 is 10.1 Å². The molecule has 1 heterocycles. The summed E-state index contributed by atoms with van der Waals surface area (Å²) in [7, 11) is 0. The fourth-order valence-corrected chi connectivity index (χ4v) is 2.11. The Morgan fingerprint density at radius 2 is 2.15 bits per heavy atom.